The summed E-state index contributed by atoms with van der Waals surface area (Å²) in [6.45, 7) is -3.76. The van der Waals surface area contributed by atoms with Crippen LogP contribution in [-0.4, -0.2) is 246 Å². The molecule has 0 bridgehead atoms. The van der Waals surface area contributed by atoms with Crippen molar-refractivity contribution in [3.63, 3.8) is 0 Å². The minimum atomic E-state index is -5.65. The molecule has 4 aliphatic rings. The van der Waals surface area contributed by atoms with Gasteiger partial charge in [0.25, 0.3) is 0 Å². The maximum atomic E-state index is 12.4. The molecule has 38 heteroatoms. The van der Waals surface area contributed by atoms with Crippen molar-refractivity contribution in [3.8, 4) is 0 Å². The number of aliphatic hydroxyl groups excluding tert-OH is 8. The summed E-state index contributed by atoms with van der Waals surface area (Å²) in [6.07, 6.45) is -42.1. The molecular weight excluding hydrogens is 957 g/mol. The molecule has 4 aliphatic heterocycles. The number of hydrogen-bond acceptors (Lipinski definition) is 28. The normalized spacial score (nSPS) is 42.7. The van der Waals surface area contributed by atoms with Gasteiger partial charge in [-0.25, -0.2) is 17.3 Å². The van der Waals surface area contributed by atoms with Crippen LogP contribution in [0, 0.1) is 0 Å². The maximum absolute atomic E-state index is 12.4. The summed E-state index contributed by atoms with van der Waals surface area (Å²) in [7, 11) is -21.7. The van der Waals surface area contributed by atoms with Crippen LogP contribution < -0.4 is 10.5 Å². The number of carboxylic acids is 1. The van der Waals surface area contributed by atoms with E-state index in [0.717, 1.165) is 0 Å². The largest absolute Gasteiger partial charge is 0.479 e. The second-order valence-corrected chi connectivity index (χ2v) is 17.8. The highest BCUT2D eigenvalue weighted by Gasteiger charge is 2.58. The second-order valence-electron chi connectivity index (χ2n) is 13.4. The molecular formula is C24H42N2O32S4. The van der Waals surface area contributed by atoms with Gasteiger partial charge in [-0.1, -0.05) is 0 Å². The molecule has 0 aliphatic carbocycles. The smallest absolute Gasteiger partial charge is 0.397 e. The lowest BCUT2D eigenvalue weighted by Gasteiger charge is -2.49. The Bertz CT molecular complexity index is 1980. The number of hydrogen-bond donors (Lipinski definition) is 15. The molecule has 0 aromatic rings. The van der Waals surface area contributed by atoms with Gasteiger partial charge in [0.15, 0.2) is 37.4 Å². The minimum absolute atomic E-state index is 1.12. The van der Waals surface area contributed by atoms with Gasteiger partial charge < -0.3 is 84.9 Å². The van der Waals surface area contributed by atoms with Crippen LogP contribution in [0.1, 0.15) is 0 Å². The number of nitrogens with two attached hydrogens (primary N) is 1. The molecule has 4 saturated heterocycles. The molecule has 4 heterocycles. The van der Waals surface area contributed by atoms with E-state index in [1.165, 1.54) is 4.72 Å². The quantitative estimate of drug-likeness (QED) is 0.0567. The van der Waals surface area contributed by atoms with Crippen molar-refractivity contribution in [1.82, 2.24) is 4.72 Å². The van der Waals surface area contributed by atoms with Crippen molar-refractivity contribution in [2.45, 2.75) is 123 Å². The van der Waals surface area contributed by atoms with Gasteiger partial charge in [0, 0.05) is 0 Å². The van der Waals surface area contributed by atoms with Gasteiger partial charge in [0.2, 0.25) is 0 Å². The SMILES string of the molecule is N[C@H]1[C@@H](O[C@H]2[C@H](O)[C@@H](OS(=O)(=O)O)C(O)O[C@H]2CO)O[C@H](CO)[C@@H](O[C@@H]2O[C@H](C(=O)O)[C@@H](O[C@H]3O[C@H](COS(=O)(=O)O)[C@@H](O)[C@H](O)[C@H]3NS(=O)(=O)O)[C@H](O)[C@H]2O)[C@@H]1OS(=O)(=O)O. The van der Waals surface area contributed by atoms with Gasteiger partial charge in [-0.15, -0.1) is 0 Å². The summed E-state index contributed by atoms with van der Waals surface area (Å²) in [5.41, 5.74) is 6.10. The molecule has 16 N–H and O–H groups in total. The predicted molar refractivity (Wildman–Crippen MR) is 180 cm³/mol. The highest BCUT2D eigenvalue weighted by Crippen LogP contribution is 2.35. The van der Waals surface area contributed by atoms with E-state index in [9.17, 15) is 93.5 Å². The van der Waals surface area contributed by atoms with E-state index in [1.807, 2.05) is 0 Å². The Morgan fingerprint density at radius 2 is 1.08 bits per heavy atom. The molecule has 364 valence electrons. The number of aliphatic hydroxyl groups is 8. The van der Waals surface area contributed by atoms with Crippen LogP contribution in [0.2, 0.25) is 0 Å². The average Bonchev–Trinajstić information content (AvgIpc) is 3.13. The zero-order chi connectivity index (χ0) is 47.0. The lowest BCUT2D eigenvalue weighted by atomic mass is 9.94. The lowest BCUT2D eigenvalue weighted by Crippen LogP contribution is -2.70. The molecule has 0 spiro atoms. The molecule has 0 radical (unpaired) electrons. The standard InChI is InChI=1S/C24H42N2O32S4/c25-7-16(57-61(43,44)45)15(5(2-28)51-22(7)53-14-4(1-27)50-21(36)18(13(14)33)58-62(46,47)48)54-24-12(32)11(31)17(19(56-24)20(34)35)55-23-8(26-59(37,38)39)10(30)9(29)6(52-23)3-49-60(40,41)42/h4-19,21-24,26-33,36H,1-3,25H2,(H,34,35)(H,37,38,39)(H,40,41,42)(H,43,44,45)(H,46,47,48)/t4-,5+,6+,7+,8+,9+,10+,11+,12+,13-,14+,15+,16+,17-,18+,19-,21?,22+,23+,24+/m0/s1. The maximum Gasteiger partial charge on any atom is 0.397 e. The van der Waals surface area contributed by atoms with E-state index in [-0.39, 0.29) is 0 Å². The van der Waals surface area contributed by atoms with Gasteiger partial charge in [0.1, 0.15) is 79.3 Å². The highest BCUT2D eigenvalue weighted by atomic mass is 32.3. The van der Waals surface area contributed by atoms with Crippen molar-refractivity contribution < 1.29 is 148 Å². The van der Waals surface area contributed by atoms with Crippen LogP contribution in [-0.2, 0) is 92.0 Å². The Kier molecular flexibility index (Phi) is 17.5. The van der Waals surface area contributed by atoms with Crippen molar-refractivity contribution in [1.29, 1.82) is 0 Å². The number of aliphatic carboxylic acids is 1. The minimum Gasteiger partial charge on any atom is -0.479 e. The summed E-state index contributed by atoms with van der Waals surface area (Å²) in [4.78, 5) is 12.4. The number of nitrogens with one attached hydrogen (secondary N) is 1. The monoisotopic (exact) mass is 998 g/mol. The molecule has 0 aromatic heterocycles. The zero-order valence-electron chi connectivity index (χ0n) is 30.4. The van der Waals surface area contributed by atoms with Crippen LogP contribution in [0.15, 0.2) is 0 Å². The van der Waals surface area contributed by atoms with Crippen molar-refractivity contribution in [2.75, 3.05) is 19.8 Å². The van der Waals surface area contributed by atoms with Gasteiger partial charge in [-0.2, -0.15) is 38.4 Å². The first-order valence-corrected chi connectivity index (χ1v) is 22.4. The number of carboxylic acid groups (broad SMARTS) is 1. The Labute approximate surface area is 348 Å². The van der Waals surface area contributed by atoms with E-state index in [2.05, 4.69) is 12.5 Å². The third-order valence-corrected chi connectivity index (χ3v) is 11.1. The van der Waals surface area contributed by atoms with Crippen LogP contribution in [0.25, 0.3) is 0 Å². The molecule has 0 amide bonds. The van der Waals surface area contributed by atoms with E-state index >= 15 is 0 Å². The Morgan fingerprint density at radius 3 is 1.60 bits per heavy atom. The fraction of sp³-hybridized carbons (Fsp3) is 0.958. The van der Waals surface area contributed by atoms with Crippen LogP contribution in [0.4, 0.5) is 0 Å². The Hall–Kier alpha value is -1.69. The topological polar surface area (TPSA) is 547 Å². The van der Waals surface area contributed by atoms with Crippen LogP contribution in [0.5, 0.6) is 0 Å². The molecule has 0 aromatic carbocycles. The second kappa shape index (κ2) is 20.4. The third kappa shape index (κ3) is 13.5. The highest BCUT2D eigenvalue weighted by molar-refractivity contribution is 7.83. The number of carbonyl (C=O) groups is 1. The van der Waals surface area contributed by atoms with Crippen molar-refractivity contribution in [2.24, 2.45) is 5.73 Å². The predicted octanol–water partition coefficient (Wildman–Crippen LogP) is -10.8. The summed E-state index contributed by atoms with van der Waals surface area (Å²) in [5, 5.41) is 94.1. The number of rotatable bonds is 18. The van der Waals surface area contributed by atoms with Crippen LogP contribution in [0.3, 0.4) is 0 Å². The van der Waals surface area contributed by atoms with Crippen molar-refractivity contribution in [3.05, 3.63) is 0 Å². The van der Waals surface area contributed by atoms with Gasteiger partial charge >= 0.3 is 47.5 Å². The number of ether oxygens (including phenoxy) is 7. The molecule has 1 unspecified atom stereocenters. The molecule has 34 nitrogen and oxygen atoms in total. The molecule has 4 rings (SSSR count). The average molecular weight is 999 g/mol. The Balaban J connectivity index is 1.62. The van der Waals surface area contributed by atoms with Gasteiger partial charge in [0.05, 0.1) is 25.9 Å². The first-order valence-electron chi connectivity index (χ1n) is 16.9. The molecule has 62 heavy (non-hydrogen) atoms. The summed E-state index contributed by atoms with van der Waals surface area (Å²) in [6, 6.07) is -4.51. The van der Waals surface area contributed by atoms with Crippen molar-refractivity contribution >= 4 is 47.5 Å². The summed E-state index contributed by atoms with van der Waals surface area (Å²) in [5.74, 6) is -2.11. The summed E-state index contributed by atoms with van der Waals surface area (Å²) < 4.78 is 181. The fourth-order valence-corrected chi connectivity index (χ4v) is 8.40. The van der Waals surface area contributed by atoms with E-state index < -0.39 is 190 Å². The van der Waals surface area contributed by atoms with E-state index in [4.69, 9.17) is 48.0 Å². The molecule has 20 atom stereocenters. The van der Waals surface area contributed by atoms with Gasteiger partial charge in [-0.3, -0.25) is 18.2 Å². The zero-order valence-corrected chi connectivity index (χ0v) is 33.7. The fourth-order valence-electron chi connectivity index (χ4n) is 6.49. The van der Waals surface area contributed by atoms with E-state index in [0.29, 0.717) is 0 Å². The summed E-state index contributed by atoms with van der Waals surface area (Å²) >= 11 is 0. The molecule has 0 saturated carbocycles. The lowest BCUT2D eigenvalue weighted by molar-refractivity contribution is -0.368. The first kappa shape index (κ1) is 52.9. The van der Waals surface area contributed by atoms with E-state index in [1.54, 1.807) is 0 Å². The molecule has 4 fully saturated rings. The van der Waals surface area contributed by atoms with Gasteiger partial charge in [-0.05, 0) is 0 Å². The first-order chi connectivity index (χ1) is 28.4. The third-order valence-electron chi connectivity index (χ3n) is 9.18. The Morgan fingerprint density at radius 1 is 0.565 bits per heavy atom. The van der Waals surface area contributed by atoms with Crippen LogP contribution >= 0.6 is 0 Å².